The molecule has 8 atom stereocenters. The highest BCUT2D eigenvalue weighted by Crippen LogP contribution is 2.77. The average molecular weight is 484 g/mol. The van der Waals surface area contributed by atoms with Crippen LogP contribution in [0, 0.1) is 44.8 Å². The largest absolute Gasteiger partial charge is 0.381 e. The summed E-state index contributed by atoms with van der Waals surface area (Å²) >= 11 is 0. The van der Waals surface area contributed by atoms with Crippen LogP contribution in [0.15, 0.2) is 11.1 Å². The van der Waals surface area contributed by atoms with Gasteiger partial charge in [-0.2, -0.15) is 0 Å². The van der Waals surface area contributed by atoms with Gasteiger partial charge in [0.2, 0.25) is 0 Å². The molecule has 0 amide bonds. The van der Waals surface area contributed by atoms with Gasteiger partial charge in [-0.15, -0.1) is 0 Å². The Hall–Kier alpha value is -0.670. The standard InChI is InChI=1S/C32H53NO2/c1-20(2)22-10-16-31(21(3)34)19-18-28(6)23(26(22)31)11-17-32(33)29(7)14-13-25(35-9)27(4,5)24(29)12-15-30(28,32)8/h20,23-25H,10-19,33H2,1-9H3/t23-,24+,25+,28-,29+,30+,31-,32+/m1/s1. The van der Waals surface area contributed by atoms with Gasteiger partial charge >= 0.3 is 0 Å². The van der Waals surface area contributed by atoms with E-state index in [9.17, 15) is 4.79 Å². The number of carbonyl (C=O) groups excluding carboxylic acids is 1. The molecule has 2 N–H and O–H groups in total. The van der Waals surface area contributed by atoms with Crippen molar-refractivity contribution in [2.24, 2.45) is 50.6 Å². The number of hydrogen-bond acceptors (Lipinski definition) is 3. The van der Waals surface area contributed by atoms with Gasteiger partial charge in [0.15, 0.2) is 0 Å². The second-order valence-corrected chi connectivity index (χ2v) is 15.1. The van der Waals surface area contributed by atoms with Crippen LogP contribution in [0.5, 0.6) is 0 Å². The summed E-state index contributed by atoms with van der Waals surface area (Å²) in [4.78, 5) is 13.3. The van der Waals surface area contributed by atoms with Crippen LogP contribution in [0.1, 0.15) is 120 Å². The number of carbonyl (C=O) groups is 1. The summed E-state index contributed by atoms with van der Waals surface area (Å²) in [5.74, 6) is 2.05. The molecule has 0 heterocycles. The maximum atomic E-state index is 13.3. The number of methoxy groups -OCH3 is 1. The Morgan fingerprint density at radius 2 is 1.60 bits per heavy atom. The second-order valence-electron chi connectivity index (χ2n) is 15.1. The molecule has 0 spiro atoms. The van der Waals surface area contributed by atoms with Crippen molar-refractivity contribution in [2.45, 2.75) is 131 Å². The number of fused-ring (bicyclic) bond motifs is 7. The molecule has 0 aromatic heterocycles. The Bertz CT molecular complexity index is 949. The fraction of sp³-hybridized carbons (Fsp3) is 0.906. The minimum Gasteiger partial charge on any atom is -0.381 e. The Kier molecular flexibility index (Phi) is 5.70. The van der Waals surface area contributed by atoms with E-state index < -0.39 is 0 Å². The third kappa shape index (κ3) is 2.84. The molecular formula is C32H53NO2. The quantitative estimate of drug-likeness (QED) is 0.423. The number of nitrogens with two attached hydrogens (primary N) is 1. The van der Waals surface area contributed by atoms with E-state index in [2.05, 4.69) is 48.5 Å². The van der Waals surface area contributed by atoms with Crippen molar-refractivity contribution in [3.8, 4) is 0 Å². The fourth-order valence-electron chi connectivity index (χ4n) is 11.7. The zero-order valence-corrected chi connectivity index (χ0v) is 24.3. The molecular weight excluding hydrogens is 430 g/mol. The van der Waals surface area contributed by atoms with Crippen LogP contribution in [0.4, 0.5) is 0 Å². The van der Waals surface area contributed by atoms with E-state index in [1.165, 1.54) is 19.3 Å². The minimum atomic E-state index is -0.186. The van der Waals surface area contributed by atoms with Gasteiger partial charge in [-0.3, -0.25) is 4.79 Å². The summed E-state index contributed by atoms with van der Waals surface area (Å²) in [6.45, 7) is 19.2. The highest BCUT2D eigenvalue weighted by atomic mass is 16.5. The Morgan fingerprint density at radius 1 is 0.914 bits per heavy atom. The van der Waals surface area contributed by atoms with Gasteiger partial charge in [0, 0.05) is 12.6 Å². The summed E-state index contributed by atoms with van der Waals surface area (Å²) < 4.78 is 6.04. The van der Waals surface area contributed by atoms with Crippen LogP contribution in [0.2, 0.25) is 0 Å². The van der Waals surface area contributed by atoms with E-state index in [1.54, 1.807) is 11.1 Å². The molecule has 5 aliphatic rings. The van der Waals surface area contributed by atoms with Crippen molar-refractivity contribution < 1.29 is 9.53 Å². The Morgan fingerprint density at radius 3 is 2.20 bits per heavy atom. The SMILES string of the molecule is CO[C@H]1CC[C@@]2(C)[C@@H](CC[C@]3(C)[C@]2(N)CC[C@@H]2C4=C(C(C)C)CC[C@]4(C(C)=O)CC[C@]23C)C1(C)C. The van der Waals surface area contributed by atoms with Crippen molar-refractivity contribution >= 4 is 5.78 Å². The molecule has 3 heteroatoms. The van der Waals surface area contributed by atoms with E-state index in [1.807, 2.05) is 14.0 Å². The molecule has 3 nitrogen and oxygen atoms in total. The van der Waals surface area contributed by atoms with Crippen molar-refractivity contribution in [1.82, 2.24) is 0 Å². The lowest BCUT2D eigenvalue weighted by molar-refractivity contribution is -0.242. The summed E-state index contributed by atoms with van der Waals surface area (Å²) in [5.41, 5.74) is 11.2. The van der Waals surface area contributed by atoms with Gasteiger partial charge in [-0.05, 0) is 111 Å². The van der Waals surface area contributed by atoms with Crippen LogP contribution < -0.4 is 5.73 Å². The topological polar surface area (TPSA) is 52.3 Å². The van der Waals surface area contributed by atoms with Crippen LogP contribution in [-0.2, 0) is 9.53 Å². The van der Waals surface area contributed by atoms with E-state index >= 15 is 0 Å². The minimum absolute atomic E-state index is 0.0742. The molecule has 198 valence electrons. The first kappa shape index (κ1) is 26.0. The van der Waals surface area contributed by atoms with Gasteiger partial charge in [0.1, 0.15) is 5.78 Å². The van der Waals surface area contributed by atoms with Crippen LogP contribution in [0.25, 0.3) is 0 Å². The van der Waals surface area contributed by atoms with Crippen LogP contribution in [0.3, 0.4) is 0 Å². The third-order valence-electron chi connectivity index (χ3n) is 14.0. The molecule has 0 aliphatic heterocycles. The maximum absolute atomic E-state index is 13.3. The van der Waals surface area contributed by atoms with Crippen molar-refractivity contribution in [3.63, 3.8) is 0 Å². The Labute approximate surface area is 215 Å². The molecule has 0 aromatic rings. The smallest absolute Gasteiger partial charge is 0.140 e. The van der Waals surface area contributed by atoms with Gasteiger partial charge < -0.3 is 10.5 Å². The normalized spacial score (nSPS) is 50.9. The summed E-state index contributed by atoms with van der Waals surface area (Å²) in [7, 11) is 1.90. The number of hydrogen-bond donors (Lipinski definition) is 1. The Balaban J connectivity index is 1.63. The number of rotatable bonds is 3. The van der Waals surface area contributed by atoms with Crippen molar-refractivity contribution in [1.29, 1.82) is 0 Å². The maximum Gasteiger partial charge on any atom is 0.140 e. The molecule has 5 aliphatic carbocycles. The van der Waals surface area contributed by atoms with Crippen LogP contribution >= 0.6 is 0 Å². The second kappa shape index (κ2) is 7.68. The number of Topliss-reactive ketones (excluding diaryl/α,β-unsaturated/α-hetero) is 1. The van der Waals surface area contributed by atoms with Gasteiger partial charge in [0.05, 0.1) is 11.5 Å². The van der Waals surface area contributed by atoms with E-state index in [4.69, 9.17) is 10.5 Å². The number of ketones is 1. The molecule has 0 bridgehead atoms. The lowest BCUT2D eigenvalue weighted by atomic mass is 9.30. The summed E-state index contributed by atoms with van der Waals surface area (Å²) in [5, 5.41) is 0. The van der Waals surface area contributed by atoms with Crippen LogP contribution in [-0.4, -0.2) is 24.5 Å². The zero-order chi connectivity index (χ0) is 25.8. The van der Waals surface area contributed by atoms with Gasteiger partial charge in [-0.1, -0.05) is 59.6 Å². The summed E-state index contributed by atoms with van der Waals surface area (Å²) in [6.07, 6.45) is 11.6. The molecule has 0 unspecified atom stereocenters. The molecule has 0 saturated heterocycles. The fourth-order valence-corrected chi connectivity index (χ4v) is 11.7. The predicted molar refractivity (Wildman–Crippen MR) is 144 cm³/mol. The van der Waals surface area contributed by atoms with Gasteiger partial charge in [-0.25, -0.2) is 0 Å². The average Bonchev–Trinajstić information content (AvgIpc) is 3.17. The highest BCUT2D eigenvalue weighted by molar-refractivity contribution is 5.87. The first-order chi connectivity index (χ1) is 16.2. The summed E-state index contributed by atoms with van der Waals surface area (Å²) in [6, 6.07) is 0. The lowest BCUT2D eigenvalue weighted by Gasteiger charge is -2.76. The van der Waals surface area contributed by atoms with Crippen molar-refractivity contribution in [3.05, 3.63) is 11.1 Å². The zero-order valence-electron chi connectivity index (χ0n) is 24.3. The van der Waals surface area contributed by atoms with Crippen molar-refractivity contribution in [2.75, 3.05) is 7.11 Å². The van der Waals surface area contributed by atoms with E-state index in [0.717, 1.165) is 44.9 Å². The third-order valence-corrected chi connectivity index (χ3v) is 14.0. The van der Waals surface area contributed by atoms with E-state index in [-0.39, 0.29) is 32.6 Å². The number of allylic oxidation sites excluding steroid dienone is 2. The monoisotopic (exact) mass is 483 g/mol. The lowest BCUT2D eigenvalue weighted by Crippen LogP contribution is -2.78. The molecule has 0 radical (unpaired) electrons. The molecule has 4 saturated carbocycles. The molecule has 35 heavy (non-hydrogen) atoms. The predicted octanol–water partition coefficient (Wildman–Crippen LogP) is 7.47. The van der Waals surface area contributed by atoms with Gasteiger partial charge in [0.25, 0.3) is 0 Å². The van der Waals surface area contributed by atoms with E-state index in [0.29, 0.717) is 29.6 Å². The highest BCUT2D eigenvalue weighted by Gasteiger charge is 2.74. The first-order valence-corrected chi connectivity index (χ1v) is 14.7. The molecule has 0 aromatic carbocycles. The molecule has 5 rings (SSSR count). The molecule has 4 fully saturated rings. The first-order valence-electron chi connectivity index (χ1n) is 14.7. The number of ether oxygens (including phenoxy) is 1.